The molecule has 2 aliphatic heterocycles. The number of amides is 1. The Bertz CT molecular complexity index is 1130. The number of hydrogen-bond acceptors (Lipinski definition) is 5. The number of halogens is 1. The largest absolute Gasteiger partial charge is 0.461 e. The van der Waals surface area contributed by atoms with Crippen molar-refractivity contribution in [3.63, 3.8) is 0 Å². The van der Waals surface area contributed by atoms with Gasteiger partial charge in [0.15, 0.2) is 0 Å². The highest BCUT2D eigenvalue weighted by Crippen LogP contribution is 2.30. The van der Waals surface area contributed by atoms with Crippen molar-refractivity contribution < 1.29 is 23.9 Å². The van der Waals surface area contributed by atoms with Gasteiger partial charge in [0.1, 0.15) is 13.2 Å². The van der Waals surface area contributed by atoms with Crippen molar-refractivity contribution in [2.24, 2.45) is 11.8 Å². The monoisotopic (exact) mass is 585 g/mol. The molecule has 35 heavy (non-hydrogen) atoms. The maximum Gasteiger partial charge on any atom is 0.311 e. The van der Waals surface area contributed by atoms with Crippen LogP contribution in [0.1, 0.15) is 24.0 Å². The van der Waals surface area contributed by atoms with Gasteiger partial charge in [0.05, 0.1) is 18.9 Å². The number of allylic oxidation sites excluding steroid dienone is 3. The summed E-state index contributed by atoms with van der Waals surface area (Å²) in [5.74, 6) is -1.97. The minimum Gasteiger partial charge on any atom is -0.461 e. The average Bonchev–Trinajstić information content (AvgIpc) is 2.90. The fourth-order valence-electron chi connectivity index (χ4n) is 4.09. The van der Waals surface area contributed by atoms with E-state index in [1.165, 1.54) is 3.58 Å². The lowest BCUT2D eigenvalue weighted by molar-refractivity contribution is -0.159. The lowest BCUT2D eigenvalue weighted by Gasteiger charge is -2.36. The maximum absolute atomic E-state index is 13.3. The predicted octanol–water partition coefficient (Wildman–Crippen LogP) is 4.55. The lowest BCUT2D eigenvalue weighted by atomic mass is 9.86. The van der Waals surface area contributed by atoms with Crippen molar-refractivity contribution in [3.8, 4) is 0 Å². The lowest BCUT2D eigenvalue weighted by Crippen LogP contribution is -2.48. The zero-order valence-electron chi connectivity index (χ0n) is 19.3. The van der Waals surface area contributed by atoms with Gasteiger partial charge in [0.2, 0.25) is 5.91 Å². The summed E-state index contributed by atoms with van der Waals surface area (Å²) < 4.78 is 14.3. The Morgan fingerprint density at radius 3 is 2.20 bits per heavy atom. The van der Waals surface area contributed by atoms with E-state index in [0.717, 1.165) is 11.1 Å². The first-order chi connectivity index (χ1) is 17.1. The molecule has 0 N–H and O–H groups in total. The topological polar surface area (TPSA) is 72.9 Å². The van der Waals surface area contributed by atoms with Gasteiger partial charge < -0.3 is 14.4 Å². The second-order valence-electron chi connectivity index (χ2n) is 8.53. The number of benzene rings is 2. The zero-order chi connectivity index (χ0) is 24.5. The van der Waals surface area contributed by atoms with Crippen molar-refractivity contribution in [2.75, 3.05) is 13.1 Å². The molecular weight excluding hydrogens is 557 g/mol. The predicted molar refractivity (Wildman–Crippen MR) is 143 cm³/mol. The highest BCUT2D eigenvalue weighted by atomic mass is 127. The number of nitrogens with zero attached hydrogens (tertiary/aromatic N) is 1. The fourth-order valence-corrected chi connectivity index (χ4v) is 6.02. The van der Waals surface area contributed by atoms with E-state index in [0.29, 0.717) is 13.1 Å². The number of ether oxygens (including phenoxy) is 2. The Morgan fingerprint density at radius 1 is 0.914 bits per heavy atom. The van der Waals surface area contributed by atoms with Crippen LogP contribution in [0.2, 0.25) is 0 Å². The number of carbonyl (C=O) groups is 3. The van der Waals surface area contributed by atoms with Crippen LogP contribution in [-0.2, 0) is 37.1 Å². The van der Waals surface area contributed by atoms with Gasteiger partial charge in [0, 0.05) is 16.0 Å². The molecule has 0 bridgehead atoms. The molecule has 2 aromatic carbocycles. The molecule has 2 atom stereocenters. The number of esters is 2. The Morgan fingerprint density at radius 2 is 1.57 bits per heavy atom. The van der Waals surface area contributed by atoms with E-state index in [9.17, 15) is 14.4 Å². The van der Waals surface area contributed by atoms with Crippen molar-refractivity contribution in [2.45, 2.75) is 26.1 Å². The van der Waals surface area contributed by atoms with Crippen LogP contribution in [-0.4, -0.2) is 39.8 Å². The Balaban J connectivity index is 1.41. The van der Waals surface area contributed by atoms with Crippen LogP contribution in [0.25, 0.3) is 0 Å². The molecule has 2 aromatic rings. The highest BCUT2D eigenvalue weighted by molar-refractivity contribution is 14.2. The summed E-state index contributed by atoms with van der Waals surface area (Å²) in [6.07, 6.45) is 6.26. The van der Waals surface area contributed by atoms with Crippen molar-refractivity contribution in [1.29, 1.82) is 0 Å². The molecule has 6 nitrogen and oxygen atoms in total. The molecule has 182 valence electrons. The van der Waals surface area contributed by atoms with Crippen LogP contribution in [0, 0.1) is 11.8 Å². The van der Waals surface area contributed by atoms with E-state index in [-0.39, 0.29) is 58.7 Å². The fraction of sp³-hybridized carbons (Fsp3) is 0.286. The number of hydrogen-bond donors (Lipinski definition) is 0. The van der Waals surface area contributed by atoms with Gasteiger partial charge in [-0.15, -0.1) is 0 Å². The van der Waals surface area contributed by atoms with Crippen molar-refractivity contribution in [3.05, 3.63) is 93.6 Å². The van der Waals surface area contributed by atoms with Gasteiger partial charge in [0.25, 0.3) is 0 Å². The number of rotatable bonds is 9. The second kappa shape index (κ2) is 12.6. The van der Waals surface area contributed by atoms with Gasteiger partial charge >= 0.3 is 11.9 Å². The third kappa shape index (κ3) is 7.45. The molecule has 1 amide bonds. The summed E-state index contributed by atoms with van der Waals surface area (Å²) in [4.78, 5) is 40.5. The minimum absolute atomic E-state index is 0.0508. The van der Waals surface area contributed by atoms with Gasteiger partial charge in [-0.1, -0.05) is 99.6 Å². The van der Waals surface area contributed by atoms with E-state index < -0.39 is 17.8 Å². The molecule has 2 heterocycles. The molecule has 2 aliphatic rings. The van der Waals surface area contributed by atoms with Gasteiger partial charge in [-0.2, -0.15) is 0 Å². The molecule has 7 heteroatoms. The molecule has 2 unspecified atom stereocenters. The van der Waals surface area contributed by atoms with Crippen molar-refractivity contribution in [1.82, 2.24) is 4.90 Å². The molecule has 0 radical (unpaired) electrons. The molecule has 0 aliphatic carbocycles. The Labute approximate surface area is 215 Å². The van der Waals surface area contributed by atoms with E-state index in [1.54, 1.807) is 4.90 Å². The van der Waals surface area contributed by atoms with Crippen LogP contribution in [0.4, 0.5) is 0 Å². The van der Waals surface area contributed by atoms with E-state index in [1.807, 2.05) is 78.9 Å². The summed E-state index contributed by atoms with van der Waals surface area (Å²) in [7, 11) is 0. The molecular formula is C28H28INO5. The van der Waals surface area contributed by atoms with E-state index >= 15 is 0 Å². The Kier molecular flexibility index (Phi) is 9.00. The van der Waals surface area contributed by atoms with Gasteiger partial charge in [-0.25, -0.2) is 0 Å². The standard InChI is InChI=1S/C28H28INO5/c31-26(34-19-21-9-3-1-4-10-21)16-23-15-24(28(33)35-20-22-11-5-2-6-12-22)17-30(27(23)32)18-25-13-7-8-14-29-25/h1-14,23-24H,15-20H2. The Hall–Kier alpha value is -3.07. The van der Waals surface area contributed by atoms with Gasteiger partial charge in [-0.05, 0) is 21.6 Å². The number of likely N-dealkylation sites (tertiary alicyclic amines) is 1. The first-order valence-electron chi connectivity index (χ1n) is 11.6. The van der Waals surface area contributed by atoms with Crippen LogP contribution in [0.3, 0.4) is 0 Å². The molecule has 4 rings (SSSR count). The number of carbonyl (C=O) groups excluding carboxylic acids is 3. The highest BCUT2D eigenvalue weighted by Gasteiger charge is 2.39. The minimum atomic E-state index is -0.608. The van der Waals surface area contributed by atoms with Crippen LogP contribution >= 0.6 is 20.7 Å². The summed E-state index contributed by atoms with van der Waals surface area (Å²) in [5.41, 5.74) is 1.79. The van der Waals surface area contributed by atoms with Gasteiger partial charge in [-0.3, -0.25) is 14.4 Å². The molecule has 1 fully saturated rings. The molecule has 1 saturated heterocycles. The summed E-state index contributed by atoms with van der Waals surface area (Å²) >= 11 is -0.282. The number of piperidine rings is 1. The second-order valence-corrected chi connectivity index (χ2v) is 11.3. The average molecular weight is 585 g/mol. The summed E-state index contributed by atoms with van der Waals surface area (Å²) in [5, 5.41) is 0. The quantitative estimate of drug-likeness (QED) is 0.319. The van der Waals surface area contributed by atoms with E-state index in [4.69, 9.17) is 9.47 Å². The van der Waals surface area contributed by atoms with E-state index in [2.05, 4.69) is 4.01 Å². The molecule has 0 aromatic heterocycles. The molecule has 0 spiro atoms. The third-order valence-corrected chi connectivity index (χ3v) is 8.17. The van der Waals surface area contributed by atoms with Crippen LogP contribution in [0.5, 0.6) is 0 Å². The summed E-state index contributed by atoms with van der Waals surface area (Å²) in [6.45, 7) is 1.12. The SMILES string of the molecule is O=C(CC1CC(C(=O)OCc2ccccc2)CN(CC2=CC=CC=I2)C1=O)OCc1ccccc1. The van der Waals surface area contributed by atoms with Crippen LogP contribution < -0.4 is 0 Å². The smallest absolute Gasteiger partial charge is 0.311 e. The summed E-state index contributed by atoms with van der Waals surface area (Å²) in [6, 6.07) is 18.9. The third-order valence-electron chi connectivity index (χ3n) is 5.89. The first-order valence-corrected chi connectivity index (χ1v) is 13.9. The van der Waals surface area contributed by atoms with Crippen molar-refractivity contribution >= 4 is 42.6 Å². The normalized spacial score (nSPS) is 19.5. The zero-order valence-corrected chi connectivity index (χ0v) is 21.5. The molecule has 0 saturated carbocycles. The maximum atomic E-state index is 13.3. The first kappa shape index (κ1) is 25.0. The van der Waals surface area contributed by atoms with Crippen LogP contribution in [0.15, 0.2) is 82.5 Å².